The first-order valence-corrected chi connectivity index (χ1v) is 7.06. The van der Waals surface area contributed by atoms with Gasteiger partial charge in [-0.05, 0) is 44.6 Å². The molecule has 1 aliphatic rings. The zero-order chi connectivity index (χ0) is 14.5. The summed E-state index contributed by atoms with van der Waals surface area (Å²) in [5, 5.41) is 0. The molecule has 0 saturated heterocycles. The van der Waals surface area contributed by atoms with Crippen molar-refractivity contribution in [2.45, 2.75) is 47.5 Å². The van der Waals surface area contributed by atoms with Crippen molar-refractivity contribution in [1.82, 2.24) is 0 Å². The van der Waals surface area contributed by atoms with Crippen molar-refractivity contribution in [2.75, 3.05) is 6.61 Å². The molecular formula is C17H26O2. The van der Waals surface area contributed by atoms with Gasteiger partial charge < -0.3 is 4.74 Å². The third-order valence-corrected chi connectivity index (χ3v) is 3.77. The zero-order valence-electron chi connectivity index (χ0n) is 12.8. The van der Waals surface area contributed by atoms with Gasteiger partial charge in [-0.1, -0.05) is 37.6 Å². The number of allylic oxidation sites excluding steroid dienone is 5. The van der Waals surface area contributed by atoms with Gasteiger partial charge in [-0.3, -0.25) is 0 Å². The number of hydrogen-bond donors (Lipinski definition) is 0. The van der Waals surface area contributed by atoms with E-state index in [0.717, 1.165) is 5.57 Å². The molecule has 0 aliphatic heterocycles. The van der Waals surface area contributed by atoms with Gasteiger partial charge in [0.15, 0.2) is 0 Å². The minimum absolute atomic E-state index is 0.264. The average molecular weight is 262 g/mol. The Hall–Kier alpha value is -1.31. The van der Waals surface area contributed by atoms with Crippen LogP contribution in [0.15, 0.2) is 35.5 Å². The van der Waals surface area contributed by atoms with E-state index in [1.165, 1.54) is 18.4 Å². The number of hydrogen-bond acceptors (Lipinski definition) is 2. The number of esters is 1. The molecule has 0 fully saturated rings. The molecule has 0 heterocycles. The highest BCUT2D eigenvalue weighted by Crippen LogP contribution is 2.41. The predicted molar refractivity (Wildman–Crippen MR) is 79.8 cm³/mol. The van der Waals surface area contributed by atoms with E-state index >= 15 is 0 Å². The van der Waals surface area contributed by atoms with E-state index in [9.17, 15) is 4.79 Å². The molecule has 19 heavy (non-hydrogen) atoms. The Bertz CT molecular complexity index is 411. The van der Waals surface area contributed by atoms with E-state index in [1.54, 1.807) is 6.08 Å². The van der Waals surface area contributed by atoms with Gasteiger partial charge in [0.05, 0.1) is 6.61 Å². The maximum Gasteiger partial charge on any atom is 0.330 e. The predicted octanol–water partition coefficient (Wildman–Crippen LogP) is 4.43. The van der Waals surface area contributed by atoms with Crippen LogP contribution in [0, 0.1) is 11.3 Å². The fraction of sp³-hybridized carbons (Fsp3) is 0.588. The summed E-state index contributed by atoms with van der Waals surface area (Å²) >= 11 is 0. The second-order valence-electron chi connectivity index (χ2n) is 5.95. The van der Waals surface area contributed by atoms with E-state index in [2.05, 4.69) is 32.9 Å². The summed E-state index contributed by atoms with van der Waals surface area (Å²) in [5.41, 5.74) is 2.66. The lowest BCUT2D eigenvalue weighted by Crippen LogP contribution is -2.26. The fourth-order valence-corrected chi connectivity index (χ4v) is 2.65. The molecule has 1 atom stereocenters. The fourth-order valence-electron chi connectivity index (χ4n) is 2.65. The van der Waals surface area contributed by atoms with Gasteiger partial charge in [-0.15, -0.1) is 0 Å². The van der Waals surface area contributed by atoms with Gasteiger partial charge in [-0.25, -0.2) is 4.79 Å². The summed E-state index contributed by atoms with van der Waals surface area (Å²) < 4.78 is 4.91. The van der Waals surface area contributed by atoms with Gasteiger partial charge in [-0.2, -0.15) is 0 Å². The van der Waals surface area contributed by atoms with Gasteiger partial charge in [0.1, 0.15) is 0 Å². The van der Waals surface area contributed by atoms with Crippen molar-refractivity contribution in [3.05, 3.63) is 35.5 Å². The molecule has 0 radical (unpaired) electrons. The molecule has 1 aliphatic carbocycles. The second-order valence-corrected chi connectivity index (χ2v) is 5.95. The Labute approximate surface area is 117 Å². The molecule has 0 bridgehead atoms. The molecule has 0 N–H and O–H groups in total. The lowest BCUT2D eigenvalue weighted by Gasteiger charge is -2.36. The highest BCUT2D eigenvalue weighted by molar-refractivity contribution is 5.83. The van der Waals surface area contributed by atoms with Crippen LogP contribution in [0.4, 0.5) is 0 Å². The summed E-state index contributed by atoms with van der Waals surface area (Å²) in [6.07, 6.45) is 10.5. The normalized spacial score (nSPS) is 23.3. The van der Waals surface area contributed by atoms with Crippen LogP contribution in [0.5, 0.6) is 0 Å². The van der Waals surface area contributed by atoms with E-state index in [-0.39, 0.29) is 5.97 Å². The Balaban J connectivity index is 2.77. The van der Waals surface area contributed by atoms with Crippen LogP contribution in [0.25, 0.3) is 0 Å². The maximum absolute atomic E-state index is 11.4. The van der Waals surface area contributed by atoms with Gasteiger partial charge in [0.2, 0.25) is 0 Å². The van der Waals surface area contributed by atoms with Crippen molar-refractivity contribution in [3.63, 3.8) is 0 Å². The Morgan fingerprint density at radius 3 is 2.79 bits per heavy atom. The quantitative estimate of drug-likeness (QED) is 0.324. The largest absolute Gasteiger partial charge is 0.463 e. The van der Waals surface area contributed by atoms with Crippen LogP contribution in [-0.2, 0) is 9.53 Å². The van der Waals surface area contributed by atoms with Crippen molar-refractivity contribution in [3.8, 4) is 0 Å². The van der Waals surface area contributed by atoms with E-state index in [1.807, 2.05) is 19.9 Å². The molecule has 0 aromatic heterocycles. The monoisotopic (exact) mass is 262 g/mol. The van der Waals surface area contributed by atoms with Crippen LogP contribution < -0.4 is 0 Å². The Kier molecular flexibility index (Phi) is 5.59. The topological polar surface area (TPSA) is 26.3 Å². The van der Waals surface area contributed by atoms with Gasteiger partial charge in [0.25, 0.3) is 0 Å². The molecule has 106 valence electrons. The summed E-state index contributed by atoms with van der Waals surface area (Å²) in [4.78, 5) is 11.4. The highest BCUT2D eigenvalue weighted by atomic mass is 16.5. The number of ether oxygens (including phenoxy) is 1. The van der Waals surface area contributed by atoms with Gasteiger partial charge in [0, 0.05) is 12.0 Å². The van der Waals surface area contributed by atoms with E-state index in [4.69, 9.17) is 4.74 Å². The molecule has 1 unspecified atom stereocenters. The molecule has 0 aromatic carbocycles. The SMILES string of the molecule is CCOC(=O)C=C(C)C=CC1C(C)=CCCC1(C)C. The van der Waals surface area contributed by atoms with Crippen molar-refractivity contribution in [1.29, 1.82) is 0 Å². The third-order valence-electron chi connectivity index (χ3n) is 3.77. The van der Waals surface area contributed by atoms with Crippen molar-refractivity contribution >= 4 is 5.97 Å². The zero-order valence-corrected chi connectivity index (χ0v) is 12.8. The minimum Gasteiger partial charge on any atom is -0.463 e. The lowest BCUT2D eigenvalue weighted by atomic mass is 9.68. The lowest BCUT2D eigenvalue weighted by molar-refractivity contribution is -0.137. The van der Waals surface area contributed by atoms with Crippen LogP contribution in [0.3, 0.4) is 0 Å². The molecule has 0 spiro atoms. The molecule has 0 amide bonds. The van der Waals surface area contributed by atoms with Crippen molar-refractivity contribution in [2.24, 2.45) is 11.3 Å². The number of carbonyl (C=O) groups excluding carboxylic acids is 1. The Morgan fingerprint density at radius 1 is 1.53 bits per heavy atom. The van der Waals surface area contributed by atoms with Crippen LogP contribution in [0.2, 0.25) is 0 Å². The van der Waals surface area contributed by atoms with Crippen molar-refractivity contribution < 1.29 is 9.53 Å². The first-order chi connectivity index (χ1) is 8.86. The molecule has 2 nitrogen and oxygen atoms in total. The first kappa shape index (κ1) is 15.7. The minimum atomic E-state index is -0.264. The number of rotatable bonds is 4. The smallest absolute Gasteiger partial charge is 0.330 e. The van der Waals surface area contributed by atoms with Crippen LogP contribution in [0.1, 0.15) is 47.5 Å². The third kappa shape index (κ3) is 4.70. The summed E-state index contributed by atoms with van der Waals surface area (Å²) in [6.45, 7) is 11.0. The van der Waals surface area contributed by atoms with Gasteiger partial charge >= 0.3 is 5.97 Å². The molecular weight excluding hydrogens is 236 g/mol. The highest BCUT2D eigenvalue weighted by Gasteiger charge is 2.30. The summed E-state index contributed by atoms with van der Waals surface area (Å²) in [5.74, 6) is 0.187. The van der Waals surface area contributed by atoms with E-state index in [0.29, 0.717) is 17.9 Å². The average Bonchev–Trinajstić information content (AvgIpc) is 2.27. The molecule has 1 rings (SSSR count). The van der Waals surface area contributed by atoms with Crippen LogP contribution in [-0.4, -0.2) is 12.6 Å². The maximum atomic E-state index is 11.4. The summed E-state index contributed by atoms with van der Waals surface area (Å²) in [7, 11) is 0. The Morgan fingerprint density at radius 2 is 2.21 bits per heavy atom. The molecule has 0 saturated carbocycles. The first-order valence-electron chi connectivity index (χ1n) is 7.06. The molecule has 2 heteroatoms. The standard InChI is InChI=1S/C17H26O2/c1-6-19-16(18)12-13(2)9-10-15-14(3)8-7-11-17(15,4)5/h8-10,12,15H,6-7,11H2,1-5H3. The second kappa shape index (κ2) is 6.74. The van der Waals surface area contributed by atoms with Crippen LogP contribution >= 0.6 is 0 Å². The summed E-state index contributed by atoms with van der Waals surface area (Å²) in [6, 6.07) is 0. The van der Waals surface area contributed by atoms with E-state index < -0.39 is 0 Å². The number of carbonyl (C=O) groups is 1. The molecule has 0 aromatic rings.